The molecule has 1 fully saturated rings. The molecule has 1 aromatic carbocycles. The molecule has 3 heterocycles. The highest BCUT2D eigenvalue weighted by Crippen LogP contribution is 2.41. The number of benzene rings is 1. The molecule has 0 spiro atoms. The van der Waals surface area contributed by atoms with Crippen molar-refractivity contribution in [3.63, 3.8) is 0 Å². The number of nitrogens with zero attached hydrogens (tertiary/aromatic N) is 4. The monoisotopic (exact) mass is 522 g/mol. The van der Waals surface area contributed by atoms with Crippen molar-refractivity contribution in [2.24, 2.45) is 0 Å². The number of aliphatic carboxylic acids is 1. The highest BCUT2D eigenvalue weighted by atomic mass is 32.2. The lowest BCUT2D eigenvalue weighted by atomic mass is 10.0. The molecule has 0 aliphatic carbocycles. The Morgan fingerprint density at radius 1 is 1.32 bits per heavy atom. The largest absolute Gasteiger partial charge is 0.477 e. The number of nitro groups is 1. The zero-order valence-electron chi connectivity index (χ0n) is 17.6. The van der Waals surface area contributed by atoms with E-state index >= 15 is 0 Å². The number of hydrogen-bond donors (Lipinski definition) is 3. The zero-order chi connectivity index (χ0) is 24.4. The van der Waals surface area contributed by atoms with E-state index in [1.807, 2.05) is 6.92 Å². The highest BCUT2D eigenvalue weighted by molar-refractivity contribution is 8.01. The molecular formula is C19H18N6O6S3. The Balaban J connectivity index is 1.35. The van der Waals surface area contributed by atoms with Crippen LogP contribution >= 0.6 is 34.9 Å². The molecule has 0 saturated carbocycles. The van der Waals surface area contributed by atoms with Crippen molar-refractivity contribution in [1.29, 1.82) is 0 Å². The lowest BCUT2D eigenvalue weighted by Crippen LogP contribution is -2.71. The Morgan fingerprint density at radius 2 is 2.06 bits per heavy atom. The van der Waals surface area contributed by atoms with Gasteiger partial charge in [0.1, 0.15) is 22.1 Å². The summed E-state index contributed by atoms with van der Waals surface area (Å²) < 4.78 is 0.723. The molecule has 34 heavy (non-hydrogen) atoms. The summed E-state index contributed by atoms with van der Waals surface area (Å²) in [6, 6.07) is 4.28. The molecule has 15 heteroatoms. The molecule has 3 amide bonds. The summed E-state index contributed by atoms with van der Waals surface area (Å²) >= 11 is 4.17. The minimum Gasteiger partial charge on any atom is -0.477 e. The van der Waals surface area contributed by atoms with Crippen molar-refractivity contribution in [3.8, 4) is 0 Å². The molecule has 4 rings (SSSR count). The van der Waals surface area contributed by atoms with Crippen LogP contribution in [-0.2, 0) is 16.1 Å². The van der Waals surface area contributed by atoms with Crippen LogP contribution in [0.1, 0.15) is 10.6 Å². The summed E-state index contributed by atoms with van der Waals surface area (Å²) in [6.45, 7) is 1.94. The number of carbonyl (C=O) groups is 3. The number of thioether (sulfide) groups is 2. The molecule has 2 atom stereocenters. The van der Waals surface area contributed by atoms with Gasteiger partial charge in [-0.25, -0.2) is 9.59 Å². The molecule has 3 N–H and O–H groups in total. The van der Waals surface area contributed by atoms with Crippen LogP contribution in [-0.4, -0.2) is 66.0 Å². The lowest BCUT2D eigenvalue weighted by molar-refractivity contribution is -0.384. The van der Waals surface area contributed by atoms with Gasteiger partial charge < -0.3 is 15.7 Å². The number of fused-ring (bicyclic) bond motifs is 1. The van der Waals surface area contributed by atoms with Gasteiger partial charge in [-0.2, -0.15) is 0 Å². The minimum atomic E-state index is -1.19. The first-order valence-electron chi connectivity index (χ1n) is 9.85. The van der Waals surface area contributed by atoms with Gasteiger partial charge in [0.2, 0.25) is 0 Å². The van der Waals surface area contributed by atoms with Gasteiger partial charge in [0, 0.05) is 30.2 Å². The Bertz CT molecular complexity index is 1180. The van der Waals surface area contributed by atoms with E-state index in [9.17, 15) is 29.6 Å². The number of carbonyl (C=O) groups excluding carboxylic acids is 2. The fourth-order valence-corrected chi connectivity index (χ4v) is 6.69. The number of amides is 3. The number of non-ortho nitro benzene ring substituents is 1. The number of hydrogen-bond acceptors (Lipinski definition) is 10. The number of aryl methyl sites for hydroxylation is 1. The van der Waals surface area contributed by atoms with Crippen molar-refractivity contribution in [2.45, 2.75) is 29.2 Å². The quantitative estimate of drug-likeness (QED) is 0.202. The molecule has 1 saturated heterocycles. The maximum absolute atomic E-state index is 12.7. The highest BCUT2D eigenvalue weighted by Gasteiger charge is 2.54. The van der Waals surface area contributed by atoms with Crippen molar-refractivity contribution in [1.82, 2.24) is 25.7 Å². The third-order valence-corrected chi connectivity index (χ3v) is 8.41. The van der Waals surface area contributed by atoms with E-state index in [0.29, 0.717) is 22.6 Å². The smallest absolute Gasteiger partial charge is 0.352 e. The van der Waals surface area contributed by atoms with Crippen LogP contribution < -0.4 is 10.6 Å². The molecule has 1 unspecified atom stereocenters. The topological polar surface area (TPSA) is 168 Å². The number of aromatic nitrogens is 2. The fraction of sp³-hybridized carbons (Fsp3) is 0.316. The summed E-state index contributed by atoms with van der Waals surface area (Å²) in [6.07, 6.45) is 0. The Kier molecular flexibility index (Phi) is 7.04. The van der Waals surface area contributed by atoms with E-state index < -0.39 is 34.2 Å². The van der Waals surface area contributed by atoms with Crippen molar-refractivity contribution < 1.29 is 24.4 Å². The molecule has 2 aromatic rings. The van der Waals surface area contributed by atoms with Crippen LogP contribution in [0.5, 0.6) is 0 Å². The third-order valence-electron chi connectivity index (χ3n) is 5.01. The number of nitrogens with one attached hydrogen (secondary N) is 2. The second-order valence-corrected chi connectivity index (χ2v) is 10.8. The van der Waals surface area contributed by atoms with E-state index in [1.165, 1.54) is 64.0 Å². The Hall–Kier alpha value is -3.17. The summed E-state index contributed by atoms with van der Waals surface area (Å²) in [5, 5.41) is 33.9. The van der Waals surface area contributed by atoms with Crippen molar-refractivity contribution >= 4 is 58.5 Å². The van der Waals surface area contributed by atoms with Gasteiger partial charge in [0.15, 0.2) is 4.34 Å². The molecule has 178 valence electrons. The van der Waals surface area contributed by atoms with E-state index in [4.69, 9.17) is 0 Å². The summed E-state index contributed by atoms with van der Waals surface area (Å²) in [5.41, 5.74) is 1.16. The van der Waals surface area contributed by atoms with Gasteiger partial charge in [-0.1, -0.05) is 35.2 Å². The molecule has 12 nitrogen and oxygen atoms in total. The van der Waals surface area contributed by atoms with Gasteiger partial charge in [0.05, 0.1) is 4.92 Å². The zero-order valence-corrected chi connectivity index (χ0v) is 20.0. The predicted molar refractivity (Wildman–Crippen MR) is 125 cm³/mol. The number of nitro benzene ring substituents is 1. The van der Waals surface area contributed by atoms with Crippen LogP contribution in [0.3, 0.4) is 0 Å². The predicted octanol–water partition coefficient (Wildman–Crippen LogP) is 1.97. The standard InChI is InChI=1S/C19H18N6O6S3/c1-9-22-23-19(34-9)33-8-11-7-32-16-13(15(26)24(16)14(11)17(27)28)21-18(29)20-6-10-2-4-12(5-3-10)25(30)31/h2-5,13,16H,6-8H2,1H3,(H,27,28)(H2,20,21,29)/t13?,16-/m1/s1. The molecule has 0 radical (unpaired) electrons. The van der Waals surface area contributed by atoms with Gasteiger partial charge in [-0.3, -0.25) is 19.8 Å². The van der Waals surface area contributed by atoms with E-state index in [-0.39, 0.29) is 17.9 Å². The third kappa shape index (κ3) is 5.00. The van der Waals surface area contributed by atoms with Crippen LogP contribution in [0.4, 0.5) is 10.5 Å². The summed E-state index contributed by atoms with van der Waals surface area (Å²) in [7, 11) is 0. The van der Waals surface area contributed by atoms with Crippen LogP contribution in [0.15, 0.2) is 39.9 Å². The van der Waals surface area contributed by atoms with Gasteiger partial charge >= 0.3 is 12.0 Å². The van der Waals surface area contributed by atoms with Gasteiger partial charge in [0.25, 0.3) is 11.6 Å². The van der Waals surface area contributed by atoms with Crippen molar-refractivity contribution in [3.05, 3.63) is 56.2 Å². The van der Waals surface area contributed by atoms with Gasteiger partial charge in [-0.05, 0) is 18.1 Å². The first-order valence-corrected chi connectivity index (χ1v) is 12.7. The number of rotatable bonds is 8. The molecule has 0 bridgehead atoms. The number of urea groups is 1. The number of β-lactam (4-membered cyclic amide) rings is 1. The molecule has 2 aliphatic heterocycles. The van der Waals surface area contributed by atoms with Crippen LogP contribution in [0.2, 0.25) is 0 Å². The van der Waals surface area contributed by atoms with E-state index in [0.717, 1.165) is 9.35 Å². The summed E-state index contributed by atoms with van der Waals surface area (Å²) in [4.78, 5) is 48.4. The van der Waals surface area contributed by atoms with Gasteiger partial charge in [-0.15, -0.1) is 22.0 Å². The first-order chi connectivity index (χ1) is 16.2. The van der Waals surface area contributed by atoms with E-state index in [1.54, 1.807) is 0 Å². The first kappa shape index (κ1) is 24.0. The van der Waals surface area contributed by atoms with E-state index in [2.05, 4.69) is 20.8 Å². The number of carboxylic acid groups (broad SMARTS) is 1. The molecule has 2 aliphatic rings. The molecular weight excluding hydrogens is 504 g/mol. The fourth-order valence-electron chi connectivity index (χ4n) is 3.39. The second kappa shape index (κ2) is 9.99. The Morgan fingerprint density at radius 3 is 2.68 bits per heavy atom. The summed E-state index contributed by atoms with van der Waals surface area (Å²) in [5.74, 6) is -0.907. The number of carboxylic acids is 1. The SMILES string of the molecule is Cc1nnc(SCC2=C(C(=O)O)N3C(=O)C(NC(=O)NCc4ccc([N+](=O)[O-])cc4)[C@H]3SC2)s1. The van der Waals surface area contributed by atoms with Crippen molar-refractivity contribution in [2.75, 3.05) is 11.5 Å². The minimum absolute atomic E-state index is 0.0492. The average molecular weight is 523 g/mol. The lowest BCUT2D eigenvalue weighted by Gasteiger charge is -2.49. The maximum atomic E-state index is 12.7. The second-order valence-electron chi connectivity index (χ2n) is 7.27. The normalized spacial score (nSPS) is 19.3. The molecule has 1 aromatic heterocycles. The van der Waals surface area contributed by atoms with Crippen LogP contribution in [0, 0.1) is 17.0 Å². The van der Waals surface area contributed by atoms with Crippen LogP contribution in [0.25, 0.3) is 0 Å². The maximum Gasteiger partial charge on any atom is 0.352 e. The average Bonchev–Trinajstić information content (AvgIpc) is 3.24. The Labute approximate surface area is 205 Å².